The minimum absolute atomic E-state index is 0.489. The first-order valence-electron chi connectivity index (χ1n) is 6.61. The quantitative estimate of drug-likeness (QED) is 0.794. The molecule has 1 aromatic heterocycles. The zero-order chi connectivity index (χ0) is 12.8. The second kappa shape index (κ2) is 6.82. The molecule has 1 unspecified atom stereocenters. The Morgan fingerprint density at radius 3 is 2.59 bits per heavy atom. The fourth-order valence-corrected chi connectivity index (χ4v) is 1.97. The van der Waals surface area contributed by atoms with Gasteiger partial charge in [0, 0.05) is 6.54 Å². The normalized spacial score (nSPS) is 13.3. The van der Waals surface area contributed by atoms with Gasteiger partial charge in [-0.15, -0.1) is 0 Å². The fourth-order valence-electron chi connectivity index (χ4n) is 1.97. The summed E-state index contributed by atoms with van der Waals surface area (Å²) in [6.45, 7) is 12.4. The Kier molecular flexibility index (Phi) is 5.72. The summed E-state index contributed by atoms with van der Waals surface area (Å²) in [7, 11) is 0. The highest BCUT2D eigenvalue weighted by Gasteiger charge is 2.12. The molecule has 98 valence electrons. The van der Waals surface area contributed by atoms with Crippen LogP contribution in [0, 0.1) is 12.8 Å². The summed E-state index contributed by atoms with van der Waals surface area (Å²) in [5.74, 6) is 2.69. The molecule has 0 aliphatic rings. The van der Waals surface area contributed by atoms with Gasteiger partial charge in [-0.2, -0.15) is 0 Å². The van der Waals surface area contributed by atoms with Crippen molar-refractivity contribution in [3.63, 3.8) is 0 Å². The smallest absolute Gasteiger partial charge is 0.120 e. The number of aryl methyl sites for hydroxylation is 1. The molecule has 3 heteroatoms. The Hall–Kier alpha value is -0.800. The minimum Gasteiger partial charge on any atom is -0.463 e. The third kappa shape index (κ3) is 4.17. The van der Waals surface area contributed by atoms with E-state index in [-0.39, 0.29) is 0 Å². The summed E-state index contributed by atoms with van der Waals surface area (Å²) in [6, 6.07) is 2.11. The van der Waals surface area contributed by atoms with E-state index in [4.69, 9.17) is 10.2 Å². The van der Waals surface area contributed by atoms with Crippen molar-refractivity contribution >= 4 is 0 Å². The highest BCUT2D eigenvalue weighted by molar-refractivity contribution is 5.19. The maximum atomic E-state index is 5.74. The van der Waals surface area contributed by atoms with Crippen LogP contribution in [-0.4, -0.2) is 18.0 Å². The largest absolute Gasteiger partial charge is 0.463 e. The molecule has 1 rings (SSSR count). The molecule has 0 amide bonds. The number of nitrogens with zero attached hydrogens (tertiary/aromatic N) is 1. The van der Waals surface area contributed by atoms with Gasteiger partial charge in [0.1, 0.15) is 11.5 Å². The summed E-state index contributed by atoms with van der Waals surface area (Å²) < 4.78 is 5.74. The molecule has 0 radical (unpaired) electrons. The van der Waals surface area contributed by atoms with Gasteiger partial charge >= 0.3 is 0 Å². The van der Waals surface area contributed by atoms with Crippen molar-refractivity contribution in [1.82, 2.24) is 4.90 Å². The highest BCUT2D eigenvalue weighted by Crippen LogP contribution is 2.16. The minimum atomic E-state index is 0.489. The highest BCUT2D eigenvalue weighted by atomic mass is 16.3. The first kappa shape index (κ1) is 14.3. The summed E-state index contributed by atoms with van der Waals surface area (Å²) in [6.07, 6.45) is 1.22. The molecule has 0 aliphatic carbocycles. The number of furan rings is 1. The second-order valence-electron chi connectivity index (χ2n) is 4.86. The van der Waals surface area contributed by atoms with Gasteiger partial charge in [0.25, 0.3) is 0 Å². The van der Waals surface area contributed by atoms with Crippen molar-refractivity contribution in [3.05, 3.63) is 23.2 Å². The molecular weight excluding hydrogens is 212 g/mol. The lowest BCUT2D eigenvalue weighted by molar-refractivity contribution is 0.219. The number of hydrogen-bond acceptors (Lipinski definition) is 3. The van der Waals surface area contributed by atoms with Crippen LogP contribution in [-0.2, 0) is 13.1 Å². The SMILES string of the molecule is CCC(C)CN(CC)Cc1cc(C)c(CN)o1. The van der Waals surface area contributed by atoms with Crippen molar-refractivity contribution in [2.75, 3.05) is 13.1 Å². The molecule has 1 atom stereocenters. The lowest BCUT2D eigenvalue weighted by atomic mass is 10.1. The lowest BCUT2D eigenvalue weighted by Gasteiger charge is -2.22. The van der Waals surface area contributed by atoms with Gasteiger partial charge in [0.2, 0.25) is 0 Å². The van der Waals surface area contributed by atoms with Crippen LogP contribution in [0.25, 0.3) is 0 Å². The van der Waals surface area contributed by atoms with Crippen molar-refractivity contribution in [2.24, 2.45) is 11.7 Å². The fraction of sp³-hybridized carbons (Fsp3) is 0.714. The van der Waals surface area contributed by atoms with Crippen LogP contribution in [0.3, 0.4) is 0 Å². The van der Waals surface area contributed by atoms with Crippen LogP contribution in [0.15, 0.2) is 10.5 Å². The maximum absolute atomic E-state index is 5.74. The zero-order valence-electron chi connectivity index (χ0n) is 11.6. The summed E-state index contributed by atoms with van der Waals surface area (Å²) in [5, 5.41) is 0. The van der Waals surface area contributed by atoms with E-state index in [1.807, 2.05) is 0 Å². The average Bonchev–Trinajstić information content (AvgIpc) is 2.68. The summed E-state index contributed by atoms with van der Waals surface area (Å²) in [5.41, 5.74) is 6.79. The van der Waals surface area contributed by atoms with Crippen LogP contribution in [0.4, 0.5) is 0 Å². The molecule has 0 saturated heterocycles. The van der Waals surface area contributed by atoms with E-state index in [9.17, 15) is 0 Å². The number of rotatable bonds is 7. The van der Waals surface area contributed by atoms with Crippen LogP contribution < -0.4 is 5.73 Å². The van der Waals surface area contributed by atoms with Crippen LogP contribution >= 0.6 is 0 Å². The van der Waals surface area contributed by atoms with Crippen LogP contribution in [0.2, 0.25) is 0 Å². The first-order chi connectivity index (χ1) is 8.10. The molecule has 1 heterocycles. The molecular formula is C14H26N2O. The Labute approximate surface area is 105 Å². The molecule has 1 aromatic rings. The first-order valence-corrected chi connectivity index (χ1v) is 6.61. The average molecular weight is 238 g/mol. The van der Waals surface area contributed by atoms with Gasteiger partial charge in [0.05, 0.1) is 13.1 Å². The van der Waals surface area contributed by atoms with Gasteiger partial charge in [-0.3, -0.25) is 4.90 Å². The molecule has 0 spiro atoms. The topological polar surface area (TPSA) is 42.4 Å². The monoisotopic (exact) mass is 238 g/mol. The Morgan fingerprint density at radius 1 is 1.41 bits per heavy atom. The van der Waals surface area contributed by atoms with Crippen LogP contribution in [0.5, 0.6) is 0 Å². The Balaban J connectivity index is 2.60. The molecule has 0 fully saturated rings. The third-order valence-electron chi connectivity index (χ3n) is 3.35. The summed E-state index contributed by atoms with van der Waals surface area (Å²) >= 11 is 0. The third-order valence-corrected chi connectivity index (χ3v) is 3.35. The van der Waals surface area contributed by atoms with E-state index in [1.165, 1.54) is 12.0 Å². The van der Waals surface area contributed by atoms with Gasteiger partial charge in [0.15, 0.2) is 0 Å². The number of nitrogens with two attached hydrogens (primary N) is 1. The van der Waals surface area contributed by atoms with Gasteiger partial charge in [-0.05, 0) is 31.0 Å². The van der Waals surface area contributed by atoms with Crippen molar-refractivity contribution in [1.29, 1.82) is 0 Å². The van der Waals surface area contributed by atoms with Crippen molar-refractivity contribution in [3.8, 4) is 0 Å². The van der Waals surface area contributed by atoms with E-state index < -0.39 is 0 Å². The van der Waals surface area contributed by atoms with E-state index in [0.717, 1.165) is 37.1 Å². The molecule has 0 bridgehead atoms. The molecule has 0 saturated carbocycles. The molecule has 3 nitrogen and oxygen atoms in total. The maximum Gasteiger partial charge on any atom is 0.120 e. The Bertz CT molecular complexity index is 333. The zero-order valence-corrected chi connectivity index (χ0v) is 11.6. The van der Waals surface area contributed by atoms with E-state index in [2.05, 4.69) is 38.7 Å². The lowest BCUT2D eigenvalue weighted by Crippen LogP contribution is -2.27. The predicted molar refractivity (Wildman–Crippen MR) is 71.7 cm³/mol. The molecule has 2 N–H and O–H groups in total. The van der Waals surface area contributed by atoms with Gasteiger partial charge in [-0.1, -0.05) is 27.2 Å². The molecule has 0 aromatic carbocycles. The van der Waals surface area contributed by atoms with Crippen molar-refractivity contribution in [2.45, 2.75) is 47.2 Å². The second-order valence-corrected chi connectivity index (χ2v) is 4.86. The van der Waals surface area contributed by atoms with Gasteiger partial charge in [-0.25, -0.2) is 0 Å². The molecule has 0 aliphatic heterocycles. The predicted octanol–water partition coefficient (Wildman–Crippen LogP) is 2.91. The van der Waals surface area contributed by atoms with Gasteiger partial charge < -0.3 is 10.2 Å². The van der Waals surface area contributed by atoms with E-state index in [0.29, 0.717) is 6.54 Å². The van der Waals surface area contributed by atoms with Crippen LogP contribution in [0.1, 0.15) is 44.3 Å². The Morgan fingerprint density at radius 2 is 2.12 bits per heavy atom. The summed E-state index contributed by atoms with van der Waals surface area (Å²) in [4.78, 5) is 2.42. The molecule has 17 heavy (non-hydrogen) atoms. The van der Waals surface area contributed by atoms with E-state index >= 15 is 0 Å². The standard InChI is InChI=1S/C14H26N2O/c1-5-11(3)9-16(6-2)10-13-7-12(4)14(8-15)17-13/h7,11H,5-6,8-10,15H2,1-4H3. The van der Waals surface area contributed by atoms with E-state index in [1.54, 1.807) is 0 Å². The number of hydrogen-bond donors (Lipinski definition) is 1. The van der Waals surface area contributed by atoms with Crippen molar-refractivity contribution < 1.29 is 4.42 Å².